The van der Waals surface area contributed by atoms with Crippen LogP contribution in [0.3, 0.4) is 0 Å². The number of carbonyl (C=O) groups excluding carboxylic acids is 1. The van der Waals surface area contributed by atoms with Crippen LogP contribution in [0.1, 0.15) is 28.0 Å². The number of fused-ring (bicyclic) bond motifs is 1. The van der Waals surface area contributed by atoms with Gasteiger partial charge in [0.1, 0.15) is 5.75 Å². The van der Waals surface area contributed by atoms with Crippen LogP contribution < -0.4 is 4.74 Å². The Morgan fingerprint density at radius 2 is 2.28 bits per heavy atom. The summed E-state index contributed by atoms with van der Waals surface area (Å²) in [6.45, 7) is 0.606. The van der Waals surface area contributed by atoms with Gasteiger partial charge in [0, 0.05) is 30.3 Å². The highest BCUT2D eigenvalue weighted by molar-refractivity contribution is 6.00. The highest BCUT2D eigenvalue weighted by atomic mass is 16.5. The van der Waals surface area contributed by atoms with E-state index < -0.39 is 0 Å². The number of Topliss-reactive ketones (excluding diaryl/α,β-unsaturated/α-hetero) is 1. The zero-order chi connectivity index (χ0) is 12.4. The largest absolute Gasteiger partial charge is 0.493 e. The summed E-state index contributed by atoms with van der Waals surface area (Å²) < 4.78 is 5.68. The zero-order valence-corrected chi connectivity index (χ0v) is 9.98. The molecule has 0 atom stereocenters. The van der Waals surface area contributed by atoms with E-state index >= 15 is 0 Å². The van der Waals surface area contributed by atoms with Crippen molar-refractivity contribution in [3.8, 4) is 5.75 Å². The van der Waals surface area contributed by atoms with Crippen LogP contribution in [0.4, 0.5) is 0 Å². The normalized spacial score (nSPS) is 13.7. The van der Waals surface area contributed by atoms with Crippen LogP contribution in [-0.2, 0) is 12.8 Å². The maximum atomic E-state index is 11.5. The van der Waals surface area contributed by atoms with Gasteiger partial charge in [-0.25, -0.2) is 4.98 Å². The summed E-state index contributed by atoms with van der Waals surface area (Å²) in [5.41, 5.74) is 3.03. The Morgan fingerprint density at radius 1 is 1.33 bits per heavy atom. The molecule has 0 unspecified atom stereocenters. The van der Waals surface area contributed by atoms with Gasteiger partial charge in [-0.3, -0.25) is 4.79 Å². The van der Waals surface area contributed by atoms with Crippen molar-refractivity contribution in [1.29, 1.82) is 0 Å². The summed E-state index contributed by atoms with van der Waals surface area (Å²) in [4.78, 5) is 18.5. The van der Waals surface area contributed by atoms with Crippen LogP contribution in [0, 0.1) is 0 Å². The van der Waals surface area contributed by atoms with Crippen molar-refractivity contribution in [3.05, 3.63) is 47.5 Å². The molecular weight excluding hydrogens is 228 g/mol. The van der Waals surface area contributed by atoms with E-state index in [0.717, 1.165) is 35.4 Å². The number of aromatic amines is 1. The minimum absolute atomic E-state index is 0.244. The molecule has 0 fully saturated rings. The van der Waals surface area contributed by atoms with E-state index in [9.17, 15) is 4.79 Å². The van der Waals surface area contributed by atoms with Gasteiger partial charge in [-0.05, 0) is 30.2 Å². The smallest absolute Gasteiger partial charge is 0.163 e. The van der Waals surface area contributed by atoms with E-state index in [4.69, 9.17) is 4.74 Å². The Morgan fingerprint density at radius 3 is 3.11 bits per heavy atom. The third-order valence-corrected chi connectivity index (χ3v) is 3.19. The molecule has 1 aromatic carbocycles. The molecule has 18 heavy (non-hydrogen) atoms. The van der Waals surface area contributed by atoms with E-state index in [2.05, 4.69) is 9.97 Å². The first-order valence-corrected chi connectivity index (χ1v) is 6.09. The zero-order valence-electron chi connectivity index (χ0n) is 9.98. The van der Waals surface area contributed by atoms with Crippen molar-refractivity contribution in [3.63, 3.8) is 0 Å². The van der Waals surface area contributed by atoms with Crippen molar-refractivity contribution in [2.45, 2.75) is 19.3 Å². The molecule has 1 heterocycles. The van der Waals surface area contributed by atoms with Crippen LogP contribution >= 0.6 is 0 Å². The first-order chi connectivity index (χ1) is 8.83. The first kappa shape index (κ1) is 11.0. The lowest BCUT2D eigenvalue weighted by Gasteiger charge is -2.07. The van der Waals surface area contributed by atoms with Crippen molar-refractivity contribution < 1.29 is 9.53 Å². The standard InChI is InChI=1S/C14H14N2O2/c17-14-4-1-10-7-12(2-3-13(10)14)18-6-5-11-8-15-9-16-11/h2-3,7-9H,1,4-6H2,(H,15,16). The molecule has 0 spiro atoms. The lowest BCUT2D eigenvalue weighted by Crippen LogP contribution is -2.02. The fraction of sp³-hybridized carbons (Fsp3) is 0.286. The number of aryl methyl sites for hydroxylation is 1. The summed E-state index contributed by atoms with van der Waals surface area (Å²) in [7, 11) is 0. The van der Waals surface area contributed by atoms with Crippen molar-refractivity contribution in [1.82, 2.24) is 9.97 Å². The molecule has 0 aliphatic heterocycles. The number of H-pyrrole nitrogens is 1. The van der Waals surface area contributed by atoms with Crippen LogP contribution in [0.5, 0.6) is 5.75 Å². The quantitative estimate of drug-likeness (QED) is 0.893. The highest BCUT2D eigenvalue weighted by Gasteiger charge is 2.19. The Labute approximate surface area is 105 Å². The van der Waals surface area contributed by atoms with Gasteiger partial charge in [-0.1, -0.05) is 0 Å². The molecule has 1 aliphatic carbocycles. The fourth-order valence-corrected chi connectivity index (χ4v) is 2.22. The summed E-state index contributed by atoms with van der Waals surface area (Å²) in [5.74, 6) is 1.08. The van der Waals surface area contributed by atoms with Crippen LogP contribution in [0.15, 0.2) is 30.7 Å². The molecule has 0 radical (unpaired) electrons. The van der Waals surface area contributed by atoms with Gasteiger partial charge in [0.05, 0.1) is 12.9 Å². The lowest BCUT2D eigenvalue weighted by atomic mass is 10.1. The predicted octanol–water partition coefficient (Wildman–Crippen LogP) is 2.16. The summed E-state index contributed by atoms with van der Waals surface area (Å²) in [5, 5.41) is 0. The number of nitrogens with one attached hydrogen (secondary N) is 1. The Hall–Kier alpha value is -2.10. The second-order valence-corrected chi connectivity index (χ2v) is 4.42. The third kappa shape index (κ3) is 2.14. The molecule has 2 aromatic rings. The van der Waals surface area contributed by atoms with Gasteiger partial charge in [-0.2, -0.15) is 0 Å². The second-order valence-electron chi connectivity index (χ2n) is 4.42. The topological polar surface area (TPSA) is 55.0 Å². The molecule has 0 saturated carbocycles. The number of hydrogen-bond acceptors (Lipinski definition) is 3. The predicted molar refractivity (Wildman–Crippen MR) is 66.9 cm³/mol. The number of rotatable bonds is 4. The second kappa shape index (κ2) is 4.64. The number of hydrogen-bond donors (Lipinski definition) is 1. The van der Waals surface area contributed by atoms with Gasteiger partial charge in [0.25, 0.3) is 0 Å². The minimum Gasteiger partial charge on any atom is -0.493 e. The minimum atomic E-state index is 0.244. The SMILES string of the molecule is O=C1CCc2cc(OCCc3cnc[nH]3)ccc21. The molecule has 0 amide bonds. The number of nitrogens with zero attached hydrogens (tertiary/aromatic N) is 1. The number of benzene rings is 1. The number of carbonyl (C=O) groups is 1. The fourth-order valence-electron chi connectivity index (χ4n) is 2.22. The lowest BCUT2D eigenvalue weighted by molar-refractivity contribution is 0.0994. The summed E-state index contributed by atoms with van der Waals surface area (Å²) in [6, 6.07) is 5.72. The van der Waals surface area contributed by atoms with E-state index in [1.165, 1.54) is 0 Å². The molecule has 4 nitrogen and oxygen atoms in total. The van der Waals surface area contributed by atoms with Gasteiger partial charge < -0.3 is 9.72 Å². The Bertz CT molecular complexity index is 561. The maximum Gasteiger partial charge on any atom is 0.163 e. The van der Waals surface area contributed by atoms with E-state index in [-0.39, 0.29) is 5.78 Å². The van der Waals surface area contributed by atoms with E-state index in [1.807, 2.05) is 18.2 Å². The molecule has 0 saturated heterocycles. The molecule has 1 aromatic heterocycles. The van der Waals surface area contributed by atoms with Gasteiger partial charge in [0.2, 0.25) is 0 Å². The Balaban J connectivity index is 1.62. The van der Waals surface area contributed by atoms with E-state index in [0.29, 0.717) is 13.0 Å². The number of aromatic nitrogens is 2. The van der Waals surface area contributed by atoms with Gasteiger partial charge in [0.15, 0.2) is 5.78 Å². The third-order valence-electron chi connectivity index (χ3n) is 3.19. The van der Waals surface area contributed by atoms with E-state index in [1.54, 1.807) is 12.5 Å². The average Bonchev–Trinajstić information content (AvgIpc) is 3.00. The molecule has 0 bridgehead atoms. The summed E-state index contributed by atoms with van der Waals surface area (Å²) in [6.07, 6.45) is 5.73. The molecule has 3 rings (SSSR count). The molecule has 1 aliphatic rings. The van der Waals surface area contributed by atoms with Crippen molar-refractivity contribution in [2.24, 2.45) is 0 Å². The maximum absolute atomic E-state index is 11.5. The van der Waals surface area contributed by atoms with Crippen LogP contribution in [0.25, 0.3) is 0 Å². The monoisotopic (exact) mass is 242 g/mol. The summed E-state index contributed by atoms with van der Waals surface area (Å²) >= 11 is 0. The van der Waals surface area contributed by atoms with Gasteiger partial charge in [-0.15, -0.1) is 0 Å². The number of ketones is 1. The molecule has 4 heteroatoms. The van der Waals surface area contributed by atoms with Crippen molar-refractivity contribution >= 4 is 5.78 Å². The molecule has 92 valence electrons. The van der Waals surface area contributed by atoms with Crippen molar-refractivity contribution in [2.75, 3.05) is 6.61 Å². The van der Waals surface area contributed by atoms with Gasteiger partial charge >= 0.3 is 0 Å². The van der Waals surface area contributed by atoms with Crippen LogP contribution in [-0.4, -0.2) is 22.4 Å². The number of imidazole rings is 1. The average molecular weight is 242 g/mol. The highest BCUT2D eigenvalue weighted by Crippen LogP contribution is 2.26. The first-order valence-electron chi connectivity index (χ1n) is 6.09. The molecular formula is C14H14N2O2. The Kier molecular flexibility index (Phi) is 2.84. The number of ether oxygens (including phenoxy) is 1. The molecule has 1 N–H and O–H groups in total. The van der Waals surface area contributed by atoms with Crippen LogP contribution in [0.2, 0.25) is 0 Å².